The lowest BCUT2D eigenvalue weighted by Gasteiger charge is -2.34. The smallest absolute Gasteiger partial charge is 0.336 e. The minimum atomic E-state index is -1.03. The Balaban J connectivity index is 2.14. The maximum atomic E-state index is 12.6. The molecule has 0 radical (unpaired) electrons. The van der Waals surface area contributed by atoms with Crippen LogP contribution in [0.25, 0.3) is 0 Å². The Kier molecular flexibility index (Phi) is 5.95. The number of amides is 2. The molecule has 1 saturated heterocycles. The first-order valence-corrected chi connectivity index (χ1v) is 8.38. The maximum Gasteiger partial charge on any atom is 0.336 e. The van der Waals surface area contributed by atoms with Gasteiger partial charge in [0.15, 0.2) is 0 Å². The number of hydrogen-bond donors (Lipinski definition) is 2. The molecule has 2 amide bonds. The van der Waals surface area contributed by atoms with Crippen molar-refractivity contribution >= 4 is 23.5 Å². The number of aryl methyl sites for hydroxylation is 1. The summed E-state index contributed by atoms with van der Waals surface area (Å²) in [4.78, 5) is 37.7. The van der Waals surface area contributed by atoms with Gasteiger partial charge < -0.3 is 15.3 Å². The van der Waals surface area contributed by atoms with Gasteiger partial charge in [0.1, 0.15) is 6.04 Å². The lowest BCUT2D eigenvalue weighted by molar-refractivity contribution is -0.140. The van der Waals surface area contributed by atoms with Gasteiger partial charge in [0, 0.05) is 18.7 Å². The highest BCUT2D eigenvalue weighted by Gasteiger charge is 2.31. The minimum Gasteiger partial charge on any atom is -0.478 e. The number of piperidine rings is 1. The van der Waals surface area contributed by atoms with Crippen molar-refractivity contribution in [3.05, 3.63) is 29.3 Å². The van der Waals surface area contributed by atoms with E-state index in [1.165, 1.54) is 6.07 Å². The third-order valence-corrected chi connectivity index (χ3v) is 4.33. The van der Waals surface area contributed by atoms with E-state index in [9.17, 15) is 19.5 Å². The second-order valence-corrected chi connectivity index (χ2v) is 6.17. The lowest BCUT2D eigenvalue weighted by atomic mass is 10.00. The average Bonchev–Trinajstić information content (AvgIpc) is 2.56. The number of carbonyl (C=O) groups excluding carboxylic acids is 2. The number of rotatable bonds is 5. The molecule has 1 heterocycles. The van der Waals surface area contributed by atoms with Crippen molar-refractivity contribution in [2.24, 2.45) is 0 Å². The Morgan fingerprint density at radius 3 is 2.71 bits per heavy atom. The Morgan fingerprint density at radius 2 is 2.04 bits per heavy atom. The number of hydrogen-bond acceptors (Lipinski definition) is 3. The number of benzene rings is 1. The zero-order valence-corrected chi connectivity index (χ0v) is 14.2. The van der Waals surface area contributed by atoms with Crippen LogP contribution in [0.15, 0.2) is 18.2 Å². The van der Waals surface area contributed by atoms with E-state index in [2.05, 4.69) is 5.32 Å². The molecule has 0 spiro atoms. The molecule has 1 aromatic carbocycles. The summed E-state index contributed by atoms with van der Waals surface area (Å²) in [5, 5.41) is 11.9. The highest BCUT2D eigenvalue weighted by Crippen LogP contribution is 2.21. The molecule has 6 nitrogen and oxygen atoms in total. The zero-order valence-electron chi connectivity index (χ0n) is 14.2. The van der Waals surface area contributed by atoms with Crippen LogP contribution in [-0.2, 0) is 9.59 Å². The van der Waals surface area contributed by atoms with Crippen LogP contribution in [0.3, 0.4) is 0 Å². The normalized spacial score (nSPS) is 17.4. The Bertz CT molecular complexity index is 642. The number of anilines is 1. The highest BCUT2D eigenvalue weighted by atomic mass is 16.4. The SMILES string of the molecule is CCCC(=O)N1CCCC[C@H]1C(=O)Nc1ccc(C)c(C(=O)O)c1. The summed E-state index contributed by atoms with van der Waals surface area (Å²) in [6.45, 7) is 4.25. The van der Waals surface area contributed by atoms with E-state index in [0.29, 0.717) is 30.6 Å². The molecule has 24 heavy (non-hydrogen) atoms. The van der Waals surface area contributed by atoms with Gasteiger partial charge >= 0.3 is 5.97 Å². The van der Waals surface area contributed by atoms with E-state index >= 15 is 0 Å². The molecule has 0 saturated carbocycles. The number of carboxylic acids is 1. The molecular formula is C18H24N2O4. The van der Waals surface area contributed by atoms with Crippen LogP contribution in [0.4, 0.5) is 5.69 Å². The summed E-state index contributed by atoms with van der Waals surface area (Å²) in [5.41, 5.74) is 1.24. The fourth-order valence-corrected chi connectivity index (χ4v) is 3.02. The van der Waals surface area contributed by atoms with Crippen LogP contribution in [0.1, 0.15) is 54.9 Å². The van der Waals surface area contributed by atoms with E-state index in [0.717, 1.165) is 19.3 Å². The Morgan fingerprint density at radius 1 is 1.29 bits per heavy atom. The predicted molar refractivity (Wildman–Crippen MR) is 91.0 cm³/mol. The molecule has 2 rings (SSSR count). The van der Waals surface area contributed by atoms with Crippen molar-refractivity contribution < 1.29 is 19.5 Å². The number of carbonyl (C=O) groups is 3. The van der Waals surface area contributed by atoms with Gasteiger partial charge in [0.05, 0.1) is 5.56 Å². The fourth-order valence-electron chi connectivity index (χ4n) is 3.02. The molecule has 0 aliphatic carbocycles. The number of carboxylic acid groups (broad SMARTS) is 1. The third-order valence-electron chi connectivity index (χ3n) is 4.33. The van der Waals surface area contributed by atoms with Crippen molar-refractivity contribution in [2.45, 2.75) is 52.0 Å². The summed E-state index contributed by atoms with van der Waals surface area (Å²) >= 11 is 0. The van der Waals surface area contributed by atoms with Gasteiger partial charge in [-0.15, -0.1) is 0 Å². The number of aromatic carboxylic acids is 1. The van der Waals surface area contributed by atoms with Crippen LogP contribution in [0.2, 0.25) is 0 Å². The minimum absolute atomic E-state index is 0.00693. The van der Waals surface area contributed by atoms with Crippen molar-refractivity contribution in [3.8, 4) is 0 Å². The zero-order chi connectivity index (χ0) is 17.7. The summed E-state index contributed by atoms with van der Waals surface area (Å²) in [7, 11) is 0. The van der Waals surface area contributed by atoms with Crippen LogP contribution in [-0.4, -0.2) is 40.4 Å². The molecule has 2 N–H and O–H groups in total. The molecule has 1 aliphatic heterocycles. The second-order valence-electron chi connectivity index (χ2n) is 6.17. The molecule has 1 aromatic rings. The summed E-state index contributed by atoms with van der Waals surface area (Å²) in [5.74, 6) is -1.27. The van der Waals surface area contributed by atoms with Crippen molar-refractivity contribution in [1.82, 2.24) is 4.90 Å². The first-order valence-electron chi connectivity index (χ1n) is 8.38. The lowest BCUT2D eigenvalue weighted by Crippen LogP contribution is -2.49. The summed E-state index contributed by atoms with van der Waals surface area (Å²) < 4.78 is 0. The highest BCUT2D eigenvalue weighted by molar-refractivity contribution is 5.98. The van der Waals surface area contributed by atoms with Gasteiger partial charge in [-0.3, -0.25) is 9.59 Å². The van der Waals surface area contributed by atoms with Gasteiger partial charge in [0.25, 0.3) is 0 Å². The monoisotopic (exact) mass is 332 g/mol. The Labute approximate surface area is 141 Å². The van der Waals surface area contributed by atoms with E-state index in [4.69, 9.17) is 0 Å². The Hall–Kier alpha value is -2.37. The van der Waals surface area contributed by atoms with Crippen LogP contribution < -0.4 is 5.32 Å². The van der Waals surface area contributed by atoms with E-state index in [-0.39, 0.29) is 17.4 Å². The topological polar surface area (TPSA) is 86.7 Å². The molecule has 1 aliphatic rings. The number of nitrogens with zero attached hydrogens (tertiary/aromatic N) is 1. The molecular weight excluding hydrogens is 308 g/mol. The number of likely N-dealkylation sites (tertiary alicyclic amines) is 1. The van der Waals surface area contributed by atoms with E-state index < -0.39 is 12.0 Å². The van der Waals surface area contributed by atoms with Gasteiger partial charge in [-0.2, -0.15) is 0 Å². The largest absolute Gasteiger partial charge is 0.478 e. The predicted octanol–water partition coefficient (Wildman–Crippen LogP) is 2.81. The van der Waals surface area contributed by atoms with Gasteiger partial charge in [0.2, 0.25) is 11.8 Å². The van der Waals surface area contributed by atoms with Gasteiger partial charge in [-0.1, -0.05) is 13.0 Å². The maximum absolute atomic E-state index is 12.6. The van der Waals surface area contributed by atoms with Crippen LogP contribution >= 0.6 is 0 Å². The quantitative estimate of drug-likeness (QED) is 0.868. The molecule has 130 valence electrons. The van der Waals surface area contributed by atoms with E-state index in [1.807, 2.05) is 6.92 Å². The third kappa shape index (κ3) is 4.13. The molecule has 1 fully saturated rings. The van der Waals surface area contributed by atoms with Crippen LogP contribution in [0.5, 0.6) is 0 Å². The average molecular weight is 332 g/mol. The van der Waals surface area contributed by atoms with Crippen LogP contribution in [0, 0.1) is 6.92 Å². The molecule has 0 aromatic heterocycles. The summed E-state index contributed by atoms with van der Waals surface area (Å²) in [6, 6.07) is 4.32. The van der Waals surface area contributed by atoms with Crippen molar-refractivity contribution in [3.63, 3.8) is 0 Å². The van der Waals surface area contributed by atoms with Crippen molar-refractivity contribution in [1.29, 1.82) is 0 Å². The second kappa shape index (κ2) is 7.95. The van der Waals surface area contributed by atoms with Crippen molar-refractivity contribution in [2.75, 3.05) is 11.9 Å². The standard InChI is InChI=1S/C18H24N2O4/c1-3-6-16(21)20-10-5-4-7-15(20)17(22)19-13-9-8-12(2)14(11-13)18(23)24/h8-9,11,15H,3-7,10H2,1-2H3,(H,19,22)(H,23,24)/t15-/m0/s1. The molecule has 1 atom stereocenters. The van der Waals surface area contributed by atoms with E-state index in [1.54, 1.807) is 24.0 Å². The molecule has 0 bridgehead atoms. The first kappa shape index (κ1) is 18.0. The van der Waals surface area contributed by atoms with Gasteiger partial charge in [-0.05, 0) is 50.3 Å². The first-order chi connectivity index (χ1) is 11.4. The number of nitrogens with one attached hydrogen (secondary N) is 1. The molecule has 6 heteroatoms. The molecule has 0 unspecified atom stereocenters. The fraction of sp³-hybridized carbons (Fsp3) is 0.500. The van der Waals surface area contributed by atoms with Gasteiger partial charge in [-0.25, -0.2) is 4.79 Å². The summed E-state index contributed by atoms with van der Waals surface area (Å²) in [6.07, 6.45) is 3.65.